The van der Waals surface area contributed by atoms with Crippen molar-refractivity contribution >= 4 is 11.6 Å². The quantitative estimate of drug-likeness (QED) is 0.212. The Morgan fingerprint density at radius 2 is 1.36 bits per heavy atom. The third kappa shape index (κ3) is 12.8. The minimum absolute atomic E-state index is 0.151. The van der Waals surface area contributed by atoms with Crippen molar-refractivity contribution in [3.63, 3.8) is 0 Å². The second-order valence-corrected chi connectivity index (χ2v) is 7.89. The van der Waals surface area contributed by atoms with Crippen LogP contribution in [0.1, 0.15) is 109 Å². The van der Waals surface area contributed by atoms with Crippen LogP contribution >= 0.6 is 0 Å². The highest BCUT2D eigenvalue weighted by Crippen LogP contribution is 2.16. The third-order valence-corrected chi connectivity index (χ3v) is 5.34. The molecule has 0 aromatic heterocycles. The van der Waals surface area contributed by atoms with Gasteiger partial charge in [0.2, 0.25) is 5.91 Å². The van der Waals surface area contributed by atoms with Gasteiger partial charge < -0.3 is 5.32 Å². The van der Waals surface area contributed by atoms with Gasteiger partial charge in [-0.1, -0.05) is 95.6 Å². The second-order valence-electron chi connectivity index (χ2n) is 7.89. The smallest absolute Gasteiger partial charge is 0.224 e. The normalized spacial score (nSPS) is 11.2. The summed E-state index contributed by atoms with van der Waals surface area (Å²) >= 11 is 0. The molecule has 0 fully saturated rings. The van der Waals surface area contributed by atoms with Crippen LogP contribution in [-0.2, 0) is 11.2 Å². The molecule has 0 saturated heterocycles. The van der Waals surface area contributed by atoms with Gasteiger partial charge >= 0.3 is 0 Å². The summed E-state index contributed by atoms with van der Waals surface area (Å²) in [4.78, 5) is 12.1. The van der Waals surface area contributed by atoms with Crippen molar-refractivity contribution in [2.45, 2.75) is 110 Å². The molecular weight excluding hydrogens is 342 g/mol. The summed E-state index contributed by atoms with van der Waals surface area (Å²) in [6.07, 6.45) is 23.0. The Bertz CT molecular complexity index is 535. The average Bonchev–Trinajstić information content (AvgIpc) is 2.71. The number of unbranched alkanes of at least 4 members (excludes halogenated alkanes) is 11. The maximum atomic E-state index is 12.1. The molecule has 0 aliphatic heterocycles. The maximum absolute atomic E-state index is 12.1. The number of carbonyl (C=O) groups is 1. The lowest BCUT2D eigenvalue weighted by molar-refractivity contribution is -0.116. The molecule has 1 amide bonds. The number of nitrogens with one attached hydrogen (secondary N) is 1. The third-order valence-electron chi connectivity index (χ3n) is 5.34. The summed E-state index contributed by atoms with van der Waals surface area (Å²) in [6.45, 7) is 4.39. The fourth-order valence-corrected chi connectivity index (χ4v) is 3.52. The van der Waals surface area contributed by atoms with Crippen LogP contribution in [0.15, 0.2) is 36.4 Å². The van der Waals surface area contributed by atoms with Gasteiger partial charge in [-0.2, -0.15) is 0 Å². The molecule has 0 bridgehead atoms. The molecule has 0 radical (unpaired) electrons. The molecule has 0 unspecified atom stereocenters. The highest BCUT2D eigenvalue weighted by Gasteiger charge is 2.05. The summed E-state index contributed by atoms with van der Waals surface area (Å²) in [7, 11) is 0. The van der Waals surface area contributed by atoms with E-state index in [1.165, 1.54) is 76.2 Å². The number of rotatable bonds is 17. The molecule has 1 rings (SSSR count). The first-order valence-corrected chi connectivity index (χ1v) is 11.8. The Balaban J connectivity index is 1.92. The van der Waals surface area contributed by atoms with Crippen LogP contribution in [0, 0.1) is 0 Å². The predicted molar refractivity (Wildman–Crippen MR) is 124 cm³/mol. The molecule has 1 aromatic carbocycles. The van der Waals surface area contributed by atoms with Crippen molar-refractivity contribution in [3.05, 3.63) is 42.0 Å². The van der Waals surface area contributed by atoms with Crippen molar-refractivity contribution < 1.29 is 4.79 Å². The molecule has 0 aliphatic carbocycles. The zero-order chi connectivity index (χ0) is 20.3. The van der Waals surface area contributed by atoms with Gasteiger partial charge in [-0.25, -0.2) is 0 Å². The number of anilines is 1. The van der Waals surface area contributed by atoms with E-state index in [0.29, 0.717) is 6.42 Å². The fraction of sp³-hybridized carbons (Fsp3) is 0.654. The van der Waals surface area contributed by atoms with Crippen molar-refractivity contribution in [1.29, 1.82) is 0 Å². The first-order chi connectivity index (χ1) is 13.8. The van der Waals surface area contributed by atoms with Gasteiger partial charge in [-0.15, -0.1) is 0 Å². The van der Waals surface area contributed by atoms with E-state index in [-0.39, 0.29) is 5.91 Å². The van der Waals surface area contributed by atoms with E-state index in [9.17, 15) is 4.79 Å². The number of benzene rings is 1. The summed E-state index contributed by atoms with van der Waals surface area (Å²) in [5, 5.41) is 3.06. The molecule has 0 saturated carbocycles. The van der Waals surface area contributed by atoms with E-state index in [2.05, 4.69) is 37.4 Å². The average molecular weight is 386 g/mol. The molecule has 1 aromatic rings. The summed E-state index contributed by atoms with van der Waals surface area (Å²) in [5.74, 6) is 0.151. The Morgan fingerprint density at radius 3 is 2.00 bits per heavy atom. The summed E-state index contributed by atoms with van der Waals surface area (Å²) in [5.41, 5.74) is 2.18. The van der Waals surface area contributed by atoms with E-state index >= 15 is 0 Å². The van der Waals surface area contributed by atoms with Gasteiger partial charge in [-0.3, -0.25) is 4.79 Å². The van der Waals surface area contributed by atoms with Gasteiger partial charge in [0.15, 0.2) is 0 Å². The molecule has 0 spiro atoms. The minimum Gasteiger partial charge on any atom is -0.326 e. The zero-order valence-electron chi connectivity index (χ0n) is 18.5. The molecule has 0 heterocycles. The summed E-state index contributed by atoms with van der Waals surface area (Å²) < 4.78 is 0. The zero-order valence-corrected chi connectivity index (χ0v) is 18.5. The maximum Gasteiger partial charge on any atom is 0.224 e. The Labute approximate surface area is 174 Å². The van der Waals surface area contributed by atoms with Crippen molar-refractivity contribution in [1.82, 2.24) is 0 Å². The standard InChI is InChI=1S/C26H43NO/c1-3-5-6-7-8-9-10-11-12-13-14-15-16-17-18-23-26(28)27-25-22-20-19-21-24(25)4-2/h11-12,19-22H,3-10,13-18,23H2,1-2H3,(H,27,28)/b12-11-. The van der Waals surface area contributed by atoms with Crippen molar-refractivity contribution in [3.8, 4) is 0 Å². The number of amides is 1. The lowest BCUT2D eigenvalue weighted by atomic mass is 10.1. The molecule has 2 nitrogen and oxygen atoms in total. The Hall–Kier alpha value is -1.57. The molecule has 0 atom stereocenters. The predicted octanol–water partition coefficient (Wildman–Crippen LogP) is 8.23. The largest absolute Gasteiger partial charge is 0.326 e. The lowest BCUT2D eigenvalue weighted by Gasteiger charge is -2.09. The van der Waals surface area contributed by atoms with E-state index in [1.807, 2.05) is 18.2 Å². The number of hydrogen-bond donors (Lipinski definition) is 1. The first kappa shape index (κ1) is 24.5. The van der Waals surface area contributed by atoms with Crippen LogP contribution in [0.3, 0.4) is 0 Å². The van der Waals surface area contributed by atoms with Crippen molar-refractivity contribution in [2.24, 2.45) is 0 Å². The van der Waals surface area contributed by atoms with E-state index in [1.54, 1.807) is 0 Å². The molecular formula is C26H43NO. The second kappa shape index (κ2) is 17.5. The van der Waals surface area contributed by atoms with Gasteiger partial charge in [0.05, 0.1) is 0 Å². The number of para-hydroxylation sites is 1. The van der Waals surface area contributed by atoms with Crippen LogP contribution in [0.4, 0.5) is 5.69 Å². The van der Waals surface area contributed by atoms with Gasteiger partial charge in [0, 0.05) is 12.1 Å². The number of allylic oxidation sites excluding steroid dienone is 2. The SMILES string of the molecule is CCCCCCCC/C=C\CCCCCCCC(=O)Nc1ccccc1CC. The molecule has 28 heavy (non-hydrogen) atoms. The molecule has 1 N–H and O–H groups in total. The highest BCUT2D eigenvalue weighted by atomic mass is 16.1. The first-order valence-electron chi connectivity index (χ1n) is 11.8. The van der Waals surface area contributed by atoms with E-state index in [4.69, 9.17) is 0 Å². The van der Waals surface area contributed by atoms with Crippen LogP contribution in [0.2, 0.25) is 0 Å². The lowest BCUT2D eigenvalue weighted by Crippen LogP contribution is -2.12. The topological polar surface area (TPSA) is 29.1 Å². The molecule has 2 heteroatoms. The Kier molecular flexibility index (Phi) is 15.3. The molecule has 0 aliphatic rings. The van der Waals surface area contributed by atoms with Gasteiger partial charge in [0.25, 0.3) is 0 Å². The van der Waals surface area contributed by atoms with Crippen LogP contribution in [0.5, 0.6) is 0 Å². The highest BCUT2D eigenvalue weighted by molar-refractivity contribution is 5.91. The monoisotopic (exact) mass is 385 g/mol. The van der Waals surface area contributed by atoms with Crippen molar-refractivity contribution in [2.75, 3.05) is 5.32 Å². The number of hydrogen-bond acceptors (Lipinski definition) is 1. The molecule has 158 valence electrons. The van der Waals surface area contributed by atoms with Crippen LogP contribution in [0.25, 0.3) is 0 Å². The van der Waals surface area contributed by atoms with Crippen LogP contribution < -0.4 is 5.32 Å². The Morgan fingerprint density at radius 1 is 0.786 bits per heavy atom. The fourth-order valence-electron chi connectivity index (χ4n) is 3.52. The number of aryl methyl sites for hydroxylation is 1. The minimum atomic E-state index is 0.151. The van der Waals surface area contributed by atoms with Crippen LogP contribution in [-0.4, -0.2) is 5.91 Å². The van der Waals surface area contributed by atoms with E-state index < -0.39 is 0 Å². The van der Waals surface area contributed by atoms with E-state index in [0.717, 1.165) is 24.9 Å². The number of carbonyl (C=O) groups excluding carboxylic acids is 1. The summed E-state index contributed by atoms with van der Waals surface area (Å²) in [6, 6.07) is 8.09. The van der Waals surface area contributed by atoms with Gasteiger partial charge in [0.1, 0.15) is 0 Å². The van der Waals surface area contributed by atoms with Gasteiger partial charge in [-0.05, 0) is 50.2 Å².